The highest BCUT2D eigenvalue weighted by Crippen LogP contribution is 2.12. The summed E-state index contributed by atoms with van der Waals surface area (Å²) in [7, 11) is 0. The molecule has 0 bridgehead atoms. The molecule has 0 spiro atoms. The highest BCUT2D eigenvalue weighted by atomic mass is 16.5. The van der Waals surface area contributed by atoms with Crippen molar-refractivity contribution in [3.8, 4) is 0 Å². The first kappa shape index (κ1) is 18.4. The molecule has 6 nitrogen and oxygen atoms in total. The van der Waals surface area contributed by atoms with E-state index in [0.717, 1.165) is 0 Å². The molecule has 0 fully saturated rings. The second-order valence-corrected chi connectivity index (χ2v) is 5.53. The molecule has 6 heteroatoms. The van der Waals surface area contributed by atoms with Crippen LogP contribution < -0.4 is 5.32 Å². The fourth-order valence-electron chi connectivity index (χ4n) is 2.06. The van der Waals surface area contributed by atoms with Gasteiger partial charge in [-0.2, -0.15) is 0 Å². The van der Waals surface area contributed by atoms with Crippen molar-refractivity contribution in [2.24, 2.45) is 0 Å². The van der Waals surface area contributed by atoms with Crippen molar-refractivity contribution in [3.05, 3.63) is 65.2 Å². The van der Waals surface area contributed by atoms with E-state index < -0.39 is 18.0 Å². The number of benzene rings is 2. The Labute approximate surface area is 145 Å². The van der Waals surface area contributed by atoms with Crippen LogP contribution in [0.1, 0.15) is 40.1 Å². The third kappa shape index (κ3) is 4.99. The summed E-state index contributed by atoms with van der Waals surface area (Å²) >= 11 is 0. The van der Waals surface area contributed by atoms with Gasteiger partial charge in [0.1, 0.15) is 0 Å². The van der Waals surface area contributed by atoms with E-state index in [9.17, 15) is 14.4 Å². The summed E-state index contributed by atoms with van der Waals surface area (Å²) < 4.78 is 5.14. The zero-order valence-electron chi connectivity index (χ0n) is 14.0. The molecule has 0 heterocycles. The van der Waals surface area contributed by atoms with Crippen LogP contribution in [0.15, 0.2) is 48.5 Å². The van der Waals surface area contributed by atoms with Gasteiger partial charge in [0.25, 0.3) is 5.91 Å². The number of carbonyl (C=O) groups is 3. The zero-order valence-corrected chi connectivity index (χ0v) is 14.0. The Morgan fingerprint density at radius 3 is 2.08 bits per heavy atom. The number of carbonyl (C=O) groups excluding carboxylic acids is 3. The van der Waals surface area contributed by atoms with E-state index in [1.165, 1.54) is 26.0 Å². The molecule has 130 valence electrons. The number of nitrogens with one attached hydrogen (secondary N) is 1. The lowest BCUT2D eigenvalue weighted by Gasteiger charge is -2.14. The van der Waals surface area contributed by atoms with Gasteiger partial charge in [-0.3, -0.25) is 9.59 Å². The van der Waals surface area contributed by atoms with Gasteiger partial charge in [-0.1, -0.05) is 12.1 Å². The minimum atomic E-state index is -0.988. The Balaban J connectivity index is 1.94. The summed E-state index contributed by atoms with van der Waals surface area (Å²) in [5.74, 6) is -1.16. The number of esters is 1. The van der Waals surface area contributed by atoms with E-state index in [1.54, 1.807) is 36.4 Å². The second-order valence-electron chi connectivity index (χ2n) is 5.53. The van der Waals surface area contributed by atoms with Gasteiger partial charge in [0.2, 0.25) is 0 Å². The highest BCUT2D eigenvalue weighted by Gasteiger charge is 2.19. The molecular formula is C19H19NO5. The predicted molar refractivity (Wildman–Crippen MR) is 92.3 cm³/mol. The summed E-state index contributed by atoms with van der Waals surface area (Å²) in [4.78, 5) is 35.4. The number of amides is 1. The molecule has 0 aliphatic heterocycles. The fourth-order valence-corrected chi connectivity index (χ4v) is 2.06. The van der Waals surface area contributed by atoms with Crippen molar-refractivity contribution in [2.75, 3.05) is 5.32 Å². The van der Waals surface area contributed by atoms with Crippen LogP contribution in [0.5, 0.6) is 0 Å². The molecule has 0 aliphatic rings. The lowest BCUT2D eigenvalue weighted by Crippen LogP contribution is -2.30. The van der Waals surface area contributed by atoms with Crippen LogP contribution in [0.3, 0.4) is 0 Å². The normalized spacial score (nSPS) is 11.5. The van der Waals surface area contributed by atoms with Crippen molar-refractivity contribution in [2.45, 2.75) is 26.6 Å². The van der Waals surface area contributed by atoms with E-state index in [1.807, 2.05) is 0 Å². The number of Topliss-reactive ketones (excluding diaryl/α,β-unsaturated/α-hetero) is 1. The zero-order chi connectivity index (χ0) is 18.4. The predicted octanol–water partition coefficient (Wildman–Crippen LogP) is 2.57. The molecule has 25 heavy (non-hydrogen) atoms. The minimum Gasteiger partial charge on any atom is -0.449 e. The molecule has 2 aromatic carbocycles. The fraction of sp³-hybridized carbons (Fsp3) is 0.211. The molecule has 0 radical (unpaired) electrons. The Bertz CT molecular complexity index is 765. The van der Waals surface area contributed by atoms with Gasteiger partial charge in [0.15, 0.2) is 11.9 Å². The van der Waals surface area contributed by atoms with Crippen LogP contribution >= 0.6 is 0 Å². The average molecular weight is 341 g/mol. The monoisotopic (exact) mass is 341 g/mol. The summed E-state index contributed by atoms with van der Waals surface area (Å²) in [6.45, 7) is 2.82. The van der Waals surface area contributed by atoms with Crippen molar-refractivity contribution < 1.29 is 24.2 Å². The molecule has 0 aromatic heterocycles. The first-order valence-corrected chi connectivity index (χ1v) is 7.73. The van der Waals surface area contributed by atoms with Crippen LogP contribution in [0.2, 0.25) is 0 Å². The van der Waals surface area contributed by atoms with Crippen molar-refractivity contribution >= 4 is 23.3 Å². The van der Waals surface area contributed by atoms with Crippen LogP contribution in [0, 0.1) is 0 Å². The van der Waals surface area contributed by atoms with Gasteiger partial charge in [-0.25, -0.2) is 4.79 Å². The number of hydrogen-bond donors (Lipinski definition) is 2. The standard InChI is InChI=1S/C19H19NO5/c1-12(22)15-7-9-17(10-8-15)20-18(23)13(2)25-19(24)16-5-3-14(11-21)4-6-16/h3-10,13,21H,11H2,1-2H3,(H,20,23)/t13-/m1/s1. The molecule has 0 saturated carbocycles. The first-order valence-electron chi connectivity index (χ1n) is 7.73. The Kier molecular flexibility index (Phi) is 6.03. The number of anilines is 1. The average Bonchev–Trinajstić information content (AvgIpc) is 2.62. The lowest BCUT2D eigenvalue weighted by atomic mass is 10.1. The SMILES string of the molecule is CC(=O)c1ccc(NC(=O)[C@@H](C)OC(=O)c2ccc(CO)cc2)cc1. The molecule has 2 rings (SSSR count). The molecule has 2 N–H and O–H groups in total. The van der Waals surface area contributed by atoms with E-state index in [0.29, 0.717) is 22.4 Å². The molecular weight excluding hydrogens is 322 g/mol. The van der Waals surface area contributed by atoms with E-state index >= 15 is 0 Å². The van der Waals surface area contributed by atoms with Crippen molar-refractivity contribution in [1.82, 2.24) is 0 Å². The molecule has 0 saturated heterocycles. The maximum atomic E-state index is 12.1. The maximum absolute atomic E-state index is 12.1. The molecule has 2 aromatic rings. The number of ketones is 1. The third-order valence-corrected chi connectivity index (χ3v) is 3.58. The van der Waals surface area contributed by atoms with Gasteiger partial charge in [0, 0.05) is 11.3 Å². The first-order chi connectivity index (χ1) is 11.9. The smallest absolute Gasteiger partial charge is 0.338 e. The number of ether oxygens (including phenoxy) is 1. The van der Waals surface area contributed by atoms with Crippen LogP contribution in [-0.2, 0) is 16.1 Å². The quantitative estimate of drug-likeness (QED) is 0.622. The van der Waals surface area contributed by atoms with Gasteiger partial charge in [0.05, 0.1) is 12.2 Å². The number of rotatable bonds is 6. The second kappa shape index (κ2) is 8.21. The van der Waals surface area contributed by atoms with Crippen LogP contribution in [0.4, 0.5) is 5.69 Å². The van der Waals surface area contributed by atoms with Gasteiger partial charge in [-0.05, 0) is 55.8 Å². The summed E-state index contributed by atoms with van der Waals surface area (Å²) in [6, 6.07) is 12.7. The Morgan fingerprint density at radius 1 is 1.00 bits per heavy atom. The van der Waals surface area contributed by atoms with Gasteiger partial charge >= 0.3 is 5.97 Å². The summed E-state index contributed by atoms with van der Waals surface area (Å²) in [5, 5.41) is 11.6. The van der Waals surface area contributed by atoms with E-state index in [4.69, 9.17) is 9.84 Å². The lowest BCUT2D eigenvalue weighted by molar-refractivity contribution is -0.123. The Hall–Kier alpha value is -2.99. The number of aliphatic hydroxyl groups excluding tert-OH is 1. The summed E-state index contributed by atoms with van der Waals surface area (Å²) in [6.07, 6.45) is -0.988. The topological polar surface area (TPSA) is 92.7 Å². The minimum absolute atomic E-state index is 0.0626. The summed E-state index contributed by atoms with van der Waals surface area (Å²) in [5.41, 5.74) is 2.02. The molecule has 1 amide bonds. The largest absolute Gasteiger partial charge is 0.449 e. The van der Waals surface area contributed by atoms with Crippen LogP contribution in [0.25, 0.3) is 0 Å². The molecule has 0 unspecified atom stereocenters. The number of hydrogen-bond acceptors (Lipinski definition) is 5. The highest BCUT2D eigenvalue weighted by molar-refractivity contribution is 5.98. The van der Waals surface area contributed by atoms with E-state index in [-0.39, 0.29) is 12.4 Å². The van der Waals surface area contributed by atoms with Crippen LogP contribution in [-0.4, -0.2) is 28.9 Å². The molecule has 1 atom stereocenters. The number of aliphatic hydroxyl groups is 1. The van der Waals surface area contributed by atoms with Crippen molar-refractivity contribution in [3.63, 3.8) is 0 Å². The van der Waals surface area contributed by atoms with E-state index in [2.05, 4.69) is 5.32 Å². The Morgan fingerprint density at radius 2 is 1.56 bits per heavy atom. The third-order valence-electron chi connectivity index (χ3n) is 3.58. The van der Waals surface area contributed by atoms with Gasteiger partial charge in [-0.15, -0.1) is 0 Å². The molecule has 0 aliphatic carbocycles. The van der Waals surface area contributed by atoms with Gasteiger partial charge < -0.3 is 15.2 Å². The van der Waals surface area contributed by atoms with Crippen molar-refractivity contribution in [1.29, 1.82) is 0 Å². The maximum Gasteiger partial charge on any atom is 0.338 e.